The molecule has 0 amide bonds. The van der Waals surface area contributed by atoms with Crippen LogP contribution < -0.4 is 4.74 Å². The summed E-state index contributed by atoms with van der Waals surface area (Å²) in [6.45, 7) is 6.16. The molecule has 0 saturated heterocycles. The van der Waals surface area contributed by atoms with E-state index in [1.54, 1.807) is 11.1 Å². The van der Waals surface area contributed by atoms with E-state index >= 15 is 0 Å². The highest BCUT2D eigenvalue weighted by molar-refractivity contribution is 5.46. The Bertz CT molecular complexity index is 613. The molecule has 4 heteroatoms. The van der Waals surface area contributed by atoms with E-state index in [0.717, 1.165) is 11.1 Å². The molecule has 4 nitrogen and oxygen atoms in total. The first kappa shape index (κ1) is 15.9. The fourth-order valence-corrected chi connectivity index (χ4v) is 2.32. The Morgan fingerprint density at radius 3 is 2.55 bits per heavy atom. The molecule has 0 unspecified atom stereocenters. The second-order valence-electron chi connectivity index (χ2n) is 4.91. The maximum absolute atomic E-state index is 10.3. The van der Waals surface area contributed by atoms with Crippen molar-refractivity contribution < 1.29 is 14.7 Å². The van der Waals surface area contributed by atoms with Crippen molar-refractivity contribution >= 4 is 0 Å². The van der Waals surface area contributed by atoms with Crippen LogP contribution >= 0.6 is 0 Å². The van der Waals surface area contributed by atoms with Gasteiger partial charge in [0.1, 0.15) is 6.26 Å². The maximum atomic E-state index is 10.3. The topological polar surface area (TPSA) is 41.9 Å². The van der Waals surface area contributed by atoms with E-state index in [1.807, 2.05) is 49.4 Å². The van der Waals surface area contributed by atoms with E-state index in [-0.39, 0.29) is 11.8 Å². The van der Waals surface area contributed by atoms with E-state index in [2.05, 4.69) is 6.58 Å². The van der Waals surface area contributed by atoms with Gasteiger partial charge in [-0.3, -0.25) is 0 Å². The average molecular weight is 299 g/mol. The van der Waals surface area contributed by atoms with Gasteiger partial charge in [-0.1, -0.05) is 49.0 Å². The summed E-state index contributed by atoms with van der Waals surface area (Å²) in [5.41, 5.74) is 1.84. The lowest BCUT2D eigenvalue weighted by Crippen LogP contribution is -2.25. The summed E-state index contributed by atoms with van der Waals surface area (Å²) in [7, 11) is 1.53. The van der Waals surface area contributed by atoms with Crippen molar-refractivity contribution in [1.29, 1.82) is 0 Å². The second-order valence-corrected chi connectivity index (χ2v) is 4.91. The van der Waals surface area contributed by atoms with E-state index < -0.39 is 0 Å². The van der Waals surface area contributed by atoms with Gasteiger partial charge in [-0.25, -0.2) is 0 Å². The molecule has 0 radical (unpaired) electrons. The molecule has 2 aromatic rings. The summed E-state index contributed by atoms with van der Waals surface area (Å²) >= 11 is 0. The number of hydroxylamine groups is 2. The van der Waals surface area contributed by atoms with Gasteiger partial charge in [0.25, 0.3) is 0 Å². The molecular weight excluding hydrogens is 278 g/mol. The monoisotopic (exact) mass is 299 g/mol. The van der Waals surface area contributed by atoms with Crippen LogP contribution in [0, 0.1) is 0 Å². The SMILES string of the molecule is C=CON(Cc1ccccc1)[C@@H](C)c1cccc(OC)c1O. The van der Waals surface area contributed by atoms with Gasteiger partial charge < -0.3 is 14.7 Å². The number of hydrogen-bond acceptors (Lipinski definition) is 4. The number of rotatable bonds is 7. The van der Waals surface area contributed by atoms with E-state index in [1.165, 1.54) is 13.4 Å². The third-order valence-electron chi connectivity index (χ3n) is 3.52. The number of nitrogens with zero attached hydrogens (tertiary/aromatic N) is 1. The molecular formula is C18H21NO3. The highest BCUT2D eigenvalue weighted by Crippen LogP contribution is 2.36. The number of phenols is 1. The van der Waals surface area contributed by atoms with Crippen molar-refractivity contribution in [2.45, 2.75) is 19.5 Å². The fourth-order valence-electron chi connectivity index (χ4n) is 2.32. The molecule has 1 atom stereocenters. The zero-order valence-corrected chi connectivity index (χ0v) is 12.9. The highest BCUT2D eigenvalue weighted by Gasteiger charge is 2.21. The Labute approximate surface area is 131 Å². The molecule has 0 saturated carbocycles. The Morgan fingerprint density at radius 2 is 1.91 bits per heavy atom. The summed E-state index contributed by atoms with van der Waals surface area (Å²) in [5, 5.41) is 12.1. The minimum absolute atomic E-state index is 0.128. The van der Waals surface area contributed by atoms with Crippen LogP contribution in [0.3, 0.4) is 0 Å². The van der Waals surface area contributed by atoms with Crippen molar-refractivity contribution in [2.75, 3.05) is 7.11 Å². The quantitative estimate of drug-likeness (QED) is 0.619. The third-order valence-corrected chi connectivity index (χ3v) is 3.52. The summed E-state index contributed by atoms with van der Waals surface area (Å²) < 4.78 is 5.16. The Balaban J connectivity index is 2.26. The van der Waals surface area contributed by atoms with Crippen molar-refractivity contribution in [1.82, 2.24) is 5.06 Å². The standard InChI is InChI=1S/C18H21NO3/c1-4-22-19(13-15-9-6-5-7-10-15)14(2)16-11-8-12-17(21-3)18(16)20/h4-12,14,20H,1,13H2,2-3H3/t14-/m0/s1. The Kier molecular flexibility index (Phi) is 5.44. The molecule has 0 fully saturated rings. The van der Waals surface area contributed by atoms with Crippen molar-refractivity contribution in [3.8, 4) is 11.5 Å². The fraction of sp³-hybridized carbons (Fsp3) is 0.222. The van der Waals surface area contributed by atoms with Crippen LogP contribution in [0.5, 0.6) is 11.5 Å². The first-order valence-electron chi connectivity index (χ1n) is 7.11. The maximum Gasteiger partial charge on any atom is 0.162 e. The summed E-state index contributed by atoms with van der Waals surface area (Å²) in [5.74, 6) is 0.575. The predicted molar refractivity (Wildman–Crippen MR) is 86.3 cm³/mol. The van der Waals surface area contributed by atoms with Gasteiger partial charge in [0, 0.05) is 5.56 Å². The summed E-state index contributed by atoms with van der Waals surface area (Å²) in [4.78, 5) is 5.54. The first-order chi connectivity index (χ1) is 10.7. The summed E-state index contributed by atoms with van der Waals surface area (Å²) in [6, 6.07) is 15.2. The number of para-hydroxylation sites is 1. The van der Waals surface area contributed by atoms with Gasteiger partial charge in [0.05, 0.1) is 19.7 Å². The van der Waals surface area contributed by atoms with Gasteiger partial charge >= 0.3 is 0 Å². The van der Waals surface area contributed by atoms with Crippen LogP contribution in [-0.4, -0.2) is 17.3 Å². The predicted octanol–water partition coefficient (Wildman–Crippen LogP) is 4.04. The smallest absolute Gasteiger partial charge is 0.162 e. The molecule has 116 valence electrons. The van der Waals surface area contributed by atoms with Crippen LogP contribution in [0.4, 0.5) is 0 Å². The molecule has 22 heavy (non-hydrogen) atoms. The van der Waals surface area contributed by atoms with E-state index in [9.17, 15) is 5.11 Å². The van der Waals surface area contributed by atoms with Gasteiger partial charge in [-0.2, -0.15) is 0 Å². The van der Waals surface area contributed by atoms with Crippen LogP contribution in [0.2, 0.25) is 0 Å². The third kappa shape index (κ3) is 3.59. The van der Waals surface area contributed by atoms with Crippen LogP contribution in [0.15, 0.2) is 61.4 Å². The lowest BCUT2D eigenvalue weighted by molar-refractivity contribution is -0.142. The van der Waals surface area contributed by atoms with Crippen molar-refractivity contribution in [3.63, 3.8) is 0 Å². The lowest BCUT2D eigenvalue weighted by atomic mass is 10.1. The second kappa shape index (κ2) is 7.52. The molecule has 1 N–H and O–H groups in total. The normalized spacial score (nSPS) is 12.0. The number of methoxy groups -OCH3 is 1. The largest absolute Gasteiger partial charge is 0.504 e. The summed E-state index contributed by atoms with van der Waals surface area (Å²) in [6.07, 6.45) is 1.39. The number of phenolic OH excluding ortho intramolecular Hbond substituents is 1. The zero-order chi connectivity index (χ0) is 15.9. The van der Waals surface area contributed by atoms with Gasteiger partial charge in [-0.05, 0) is 18.6 Å². The molecule has 0 aliphatic heterocycles. The zero-order valence-electron chi connectivity index (χ0n) is 12.9. The minimum atomic E-state index is -0.173. The molecule has 2 aromatic carbocycles. The molecule has 0 aliphatic carbocycles. The molecule has 0 heterocycles. The molecule has 0 bridgehead atoms. The average Bonchev–Trinajstić information content (AvgIpc) is 2.55. The van der Waals surface area contributed by atoms with Gasteiger partial charge in [0.15, 0.2) is 11.5 Å². The number of ether oxygens (including phenoxy) is 1. The van der Waals surface area contributed by atoms with Gasteiger partial charge in [0.2, 0.25) is 0 Å². The Hall–Kier alpha value is -2.46. The number of benzene rings is 2. The van der Waals surface area contributed by atoms with Crippen LogP contribution in [-0.2, 0) is 11.4 Å². The van der Waals surface area contributed by atoms with Crippen LogP contribution in [0.25, 0.3) is 0 Å². The Morgan fingerprint density at radius 1 is 1.18 bits per heavy atom. The molecule has 2 rings (SSSR count). The van der Waals surface area contributed by atoms with Crippen LogP contribution in [0.1, 0.15) is 24.1 Å². The van der Waals surface area contributed by atoms with E-state index in [0.29, 0.717) is 12.3 Å². The molecule has 0 aromatic heterocycles. The first-order valence-corrected chi connectivity index (χ1v) is 7.11. The lowest BCUT2D eigenvalue weighted by Gasteiger charge is -2.28. The van der Waals surface area contributed by atoms with Crippen molar-refractivity contribution in [3.05, 3.63) is 72.5 Å². The number of hydrogen-bond donors (Lipinski definition) is 1. The number of aromatic hydroxyl groups is 1. The van der Waals surface area contributed by atoms with Crippen molar-refractivity contribution in [2.24, 2.45) is 0 Å². The molecule has 0 spiro atoms. The van der Waals surface area contributed by atoms with Gasteiger partial charge in [-0.15, -0.1) is 5.06 Å². The highest BCUT2D eigenvalue weighted by atomic mass is 16.7. The van der Waals surface area contributed by atoms with E-state index in [4.69, 9.17) is 9.57 Å². The molecule has 0 aliphatic rings. The minimum Gasteiger partial charge on any atom is -0.504 e.